The monoisotopic (exact) mass is 384 g/mol. The van der Waals surface area contributed by atoms with E-state index < -0.39 is 0 Å². The van der Waals surface area contributed by atoms with Crippen LogP contribution in [0.2, 0.25) is 0 Å². The zero-order valence-corrected chi connectivity index (χ0v) is 16.6. The maximum absolute atomic E-state index is 13.0. The second kappa shape index (κ2) is 8.20. The lowest BCUT2D eigenvalue weighted by Gasteiger charge is -2.21. The van der Waals surface area contributed by atoms with Crippen LogP contribution in [0.1, 0.15) is 66.5 Å². The van der Waals surface area contributed by atoms with Gasteiger partial charge in [-0.25, -0.2) is 4.68 Å². The second-order valence-corrected chi connectivity index (χ2v) is 7.70. The summed E-state index contributed by atoms with van der Waals surface area (Å²) in [5, 5.41) is 8.41. The lowest BCUT2D eigenvalue weighted by molar-refractivity contribution is 0.0784. The van der Waals surface area contributed by atoms with Crippen LogP contribution in [0.4, 0.5) is 0 Å². The summed E-state index contributed by atoms with van der Waals surface area (Å²) < 4.78 is 12.9. The Morgan fingerprint density at radius 1 is 1.11 bits per heavy atom. The van der Waals surface area contributed by atoms with Crippen LogP contribution in [-0.4, -0.2) is 53.1 Å². The van der Waals surface area contributed by atoms with Gasteiger partial charge in [-0.3, -0.25) is 4.79 Å². The van der Waals surface area contributed by atoms with Gasteiger partial charge in [-0.2, -0.15) is 0 Å². The average molecular weight is 384 g/mol. The Labute approximate surface area is 165 Å². The van der Waals surface area contributed by atoms with Crippen LogP contribution >= 0.6 is 0 Å². The molecule has 1 amide bonds. The van der Waals surface area contributed by atoms with Crippen molar-refractivity contribution in [3.05, 3.63) is 35.7 Å². The van der Waals surface area contributed by atoms with Gasteiger partial charge in [0, 0.05) is 24.6 Å². The molecule has 0 radical (unpaired) electrons. The number of aromatic nitrogens is 3. The van der Waals surface area contributed by atoms with Crippen molar-refractivity contribution in [1.29, 1.82) is 0 Å². The molecule has 1 aliphatic heterocycles. The van der Waals surface area contributed by atoms with Gasteiger partial charge in [-0.05, 0) is 25.3 Å². The van der Waals surface area contributed by atoms with E-state index in [0.29, 0.717) is 24.8 Å². The number of benzene rings is 1. The fraction of sp³-hybridized carbons (Fsp3) is 0.571. The molecule has 1 saturated carbocycles. The van der Waals surface area contributed by atoms with Crippen LogP contribution < -0.4 is 9.47 Å². The molecule has 28 heavy (non-hydrogen) atoms. The second-order valence-electron chi connectivity index (χ2n) is 7.70. The van der Waals surface area contributed by atoms with Crippen molar-refractivity contribution in [2.24, 2.45) is 0 Å². The van der Waals surface area contributed by atoms with Crippen LogP contribution in [-0.2, 0) is 0 Å². The molecule has 7 heteroatoms. The van der Waals surface area contributed by atoms with Crippen molar-refractivity contribution in [3.63, 3.8) is 0 Å². The zero-order chi connectivity index (χ0) is 19.5. The summed E-state index contributed by atoms with van der Waals surface area (Å²) in [5.74, 6) is 1.67. The number of para-hydroxylation sites is 1. The van der Waals surface area contributed by atoms with Crippen LogP contribution in [0.25, 0.3) is 0 Å². The number of ether oxygens (including phenoxy) is 2. The Bertz CT molecular complexity index is 829. The van der Waals surface area contributed by atoms with E-state index in [-0.39, 0.29) is 11.8 Å². The minimum atomic E-state index is -0.0357. The SMILES string of the molecule is COc1cccc(C2CCN(C(=O)c3cn(C4CCCCC4)nn3)C2)c1OC. The molecule has 0 spiro atoms. The molecule has 2 aliphatic rings. The summed E-state index contributed by atoms with van der Waals surface area (Å²) in [7, 11) is 3.30. The molecule has 7 nitrogen and oxygen atoms in total. The highest BCUT2D eigenvalue weighted by Crippen LogP contribution is 2.39. The van der Waals surface area contributed by atoms with E-state index in [2.05, 4.69) is 16.4 Å². The standard InChI is InChI=1S/C21H28N4O3/c1-27-19-10-6-9-17(20(19)28-2)15-11-12-24(13-15)21(26)18-14-25(23-22-18)16-7-4-3-5-8-16/h6,9-10,14-16H,3-5,7-8,11-13H2,1-2H3. The molecule has 1 atom stereocenters. The summed E-state index contributed by atoms with van der Waals surface area (Å²) in [6.45, 7) is 1.36. The number of likely N-dealkylation sites (tertiary alicyclic amines) is 1. The fourth-order valence-electron chi connectivity index (χ4n) is 4.49. The van der Waals surface area contributed by atoms with Crippen LogP contribution in [0.5, 0.6) is 11.5 Å². The van der Waals surface area contributed by atoms with Gasteiger partial charge in [0.05, 0.1) is 26.5 Å². The highest BCUT2D eigenvalue weighted by atomic mass is 16.5. The maximum Gasteiger partial charge on any atom is 0.276 e. The first-order valence-corrected chi connectivity index (χ1v) is 10.1. The average Bonchev–Trinajstić information content (AvgIpc) is 3.43. The van der Waals surface area contributed by atoms with Crippen LogP contribution in [0, 0.1) is 0 Å². The number of methoxy groups -OCH3 is 2. The topological polar surface area (TPSA) is 69.5 Å². The molecule has 1 unspecified atom stereocenters. The summed E-state index contributed by atoms with van der Waals surface area (Å²) in [4.78, 5) is 14.8. The van der Waals surface area contributed by atoms with Crippen molar-refractivity contribution in [1.82, 2.24) is 19.9 Å². The molecule has 2 fully saturated rings. The molecular formula is C21H28N4O3. The molecule has 0 N–H and O–H groups in total. The van der Waals surface area contributed by atoms with E-state index in [9.17, 15) is 4.79 Å². The lowest BCUT2D eigenvalue weighted by atomic mass is 9.96. The summed E-state index contributed by atoms with van der Waals surface area (Å²) in [6.07, 6.45) is 8.72. The smallest absolute Gasteiger partial charge is 0.276 e. The fourth-order valence-corrected chi connectivity index (χ4v) is 4.49. The summed E-state index contributed by atoms with van der Waals surface area (Å²) in [5.41, 5.74) is 1.53. The number of amides is 1. The quantitative estimate of drug-likeness (QED) is 0.790. The van der Waals surface area contributed by atoms with Gasteiger partial charge >= 0.3 is 0 Å². The van der Waals surface area contributed by atoms with Gasteiger partial charge in [0.2, 0.25) is 0 Å². The predicted octanol–water partition coefficient (Wildman–Crippen LogP) is 3.43. The van der Waals surface area contributed by atoms with Gasteiger partial charge in [-0.15, -0.1) is 5.10 Å². The largest absolute Gasteiger partial charge is 0.493 e. The normalized spacial score (nSPS) is 20.4. The summed E-state index contributed by atoms with van der Waals surface area (Å²) in [6, 6.07) is 6.30. The van der Waals surface area contributed by atoms with Crippen molar-refractivity contribution >= 4 is 5.91 Å². The molecule has 150 valence electrons. The third-order valence-electron chi connectivity index (χ3n) is 6.03. The van der Waals surface area contributed by atoms with E-state index in [1.54, 1.807) is 14.2 Å². The van der Waals surface area contributed by atoms with E-state index in [1.165, 1.54) is 19.3 Å². The third-order valence-corrected chi connectivity index (χ3v) is 6.03. The van der Waals surface area contributed by atoms with Gasteiger partial charge in [0.15, 0.2) is 17.2 Å². The predicted molar refractivity (Wildman–Crippen MR) is 105 cm³/mol. The number of carbonyl (C=O) groups is 1. The van der Waals surface area contributed by atoms with Crippen LogP contribution in [0.15, 0.2) is 24.4 Å². The Hall–Kier alpha value is -2.57. The highest BCUT2D eigenvalue weighted by molar-refractivity contribution is 5.92. The molecule has 2 heterocycles. The number of nitrogens with zero attached hydrogens (tertiary/aromatic N) is 4. The molecule has 4 rings (SSSR count). The van der Waals surface area contributed by atoms with E-state index in [4.69, 9.17) is 9.47 Å². The molecule has 1 aromatic carbocycles. The molecule has 1 aromatic heterocycles. The first-order chi connectivity index (χ1) is 13.7. The minimum Gasteiger partial charge on any atom is -0.493 e. The van der Waals surface area contributed by atoms with E-state index in [0.717, 1.165) is 36.3 Å². The van der Waals surface area contributed by atoms with Crippen LogP contribution in [0.3, 0.4) is 0 Å². The Morgan fingerprint density at radius 3 is 2.68 bits per heavy atom. The van der Waals surface area contributed by atoms with Crippen molar-refractivity contribution < 1.29 is 14.3 Å². The zero-order valence-electron chi connectivity index (χ0n) is 16.6. The van der Waals surface area contributed by atoms with Gasteiger partial charge in [-0.1, -0.05) is 36.6 Å². The van der Waals surface area contributed by atoms with Gasteiger partial charge in [0.25, 0.3) is 5.91 Å². The number of carbonyl (C=O) groups excluding carboxylic acids is 1. The molecule has 1 saturated heterocycles. The van der Waals surface area contributed by atoms with E-state index in [1.807, 2.05) is 27.9 Å². The minimum absolute atomic E-state index is 0.0357. The van der Waals surface area contributed by atoms with Crippen molar-refractivity contribution in [3.8, 4) is 11.5 Å². The van der Waals surface area contributed by atoms with Crippen molar-refractivity contribution in [2.75, 3.05) is 27.3 Å². The molecule has 1 aliphatic carbocycles. The molecule has 2 aromatic rings. The van der Waals surface area contributed by atoms with Gasteiger partial charge in [0.1, 0.15) is 0 Å². The molecular weight excluding hydrogens is 356 g/mol. The Kier molecular flexibility index (Phi) is 5.50. The highest BCUT2D eigenvalue weighted by Gasteiger charge is 2.32. The Morgan fingerprint density at radius 2 is 1.93 bits per heavy atom. The third kappa shape index (κ3) is 3.57. The number of hydrogen-bond donors (Lipinski definition) is 0. The first-order valence-electron chi connectivity index (χ1n) is 10.1. The summed E-state index contributed by atoms with van der Waals surface area (Å²) >= 11 is 0. The van der Waals surface area contributed by atoms with E-state index >= 15 is 0 Å². The Balaban J connectivity index is 1.46. The molecule has 0 bridgehead atoms. The van der Waals surface area contributed by atoms with Gasteiger partial charge < -0.3 is 14.4 Å². The maximum atomic E-state index is 13.0. The number of rotatable bonds is 5. The van der Waals surface area contributed by atoms with Crippen molar-refractivity contribution in [2.45, 2.75) is 50.5 Å². The lowest BCUT2D eigenvalue weighted by Crippen LogP contribution is -2.28. The first kappa shape index (κ1) is 18.8. The number of hydrogen-bond acceptors (Lipinski definition) is 5.